The lowest BCUT2D eigenvalue weighted by Gasteiger charge is -2.39. The molecule has 2 amide bonds. The van der Waals surface area contributed by atoms with Crippen molar-refractivity contribution in [2.45, 2.75) is 136 Å². The molecule has 0 unspecified atom stereocenters. The van der Waals surface area contributed by atoms with Crippen LogP contribution in [0.4, 0.5) is 5.69 Å². The van der Waals surface area contributed by atoms with Gasteiger partial charge in [-0.2, -0.15) is 0 Å². The molecule has 8 bridgehead atoms. The number of cyclic esters (lactones) is 1. The van der Waals surface area contributed by atoms with Gasteiger partial charge in [-0.1, -0.05) is 19.9 Å². The molecule has 4 atom stereocenters. The van der Waals surface area contributed by atoms with E-state index < -0.39 is 46.7 Å². The molecular formula is C52H72N8O8S. The standard InChI is InChI=1S/C52H72N8O8S/c1-11-65-45-43(55-49(63)52-25-34(26-52)51(7,8)68-52)47(61)60-16-12-13-39(56-60)48(62)67-30-50(5,6)27-38-36-23-33(40-29-69-46(45)54-40)14-15-41(36)59(21-22-66-31(2)3)44(38)37-24-35(28-53-42(37)32(4)64-10)58-19-17-57(9)18-20-58/h14-15,23-24,28-29,31-32,34,39,43,45,56H,11-13,16-22,25-27,30H2,1-10H3,(H,55,63)/t32-,34?,39-,43-,45-,52?/m0/s1. The number of likely N-dealkylation sites (N-methyl/N-ethyl adjacent to an activating group) is 1. The van der Waals surface area contributed by atoms with Gasteiger partial charge in [0, 0.05) is 85.8 Å². The number of fused-ring (bicyclic) bond motifs is 7. The lowest BCUT2D eigenvalue weighted by Crippen LogP contribution is -2.63. The van der Waals surface area contributed by atoms with Crippen molar-refractivity contribution >= 4 is 45.7 Å². The Kier molecular flexibility index (Phi) is 14.1. The van der Waals surface area contributed by atoms with E-state index in [1.54, 1.807) is 7.11 Å². The molecule has 0 spiro atoms. The molecule has 17 heteroatoms. The van der Waals surface area contributed by atoms with Gasteiger partial charge in [0.25, 0.3) is 11.8 Å². The smallest absolute Gasteiger partial charge is 0.324 e. The van der Waals surface area contributed by atoms with E-state index in [0.29, 0.717) is 56.8 Å². The fraction of sp³-hybridized carbons (Fsp3) is 0.635. The summed E-state index contributed by atoms with van der Waals surface area (Å²) in [4.78, 5) is 58.6. The Morgan fingerprint density at radius 2 is 1.83 bits per heavy atom. The molecule has 10 rings (SSSR count). The zero-order chi connectivity index (χ0) is 49.0. The van der Waals surface area contributed by atoms with Crippen molar-refractivity contribution in [3.8, 4) is 22.5 Å². The highest BCUT2D eigenvalue weighted by atomic mass is 32.1. The lowest BCUT2D eigenvalue weighted by molar-refractivity contribution is -0.159. The van der Waals surface area contributed by atoms with Crippen molar-refractivity contribution < 1.29 is 38.1 Å². The number of thiazole rings is 1. The number of piperazine rings is 1. The van der Waals surface area contributed by atoms with Gasteiger partial charge in [-0.15, -0.1) is 11.3 Å². The van der Waals surface area contributed by atoms with Crippen LogP contribution >= 0.6 is 11.3 Å². The third-order valence-corrected chi connectivity index (χ3v) is 15.9. The summed E-state index contributed by atoms with van der Waals surface area (Å²) in [7, 11) is 3.88. The number of benzene rings is 1. The van der Waals surface area contributed by atoms with Gasteiger partial charge >= 0.3 is 5.97 Å². The minimum absolute atomic E-state index is 0.0408. The summed E-state index contributed by atoms with van der Waals surface area (Å²) < 4.78 is 33.8. The third-order valence-electron chi connectivity index (χ3n) is 15.0. The number of hydrazine groups is 1. The SMILES string of the molecule is CCO[C@@H]1c2nc(cs2)-c2ccc3c(c2)c(c(-c2cc(N4CCN(C)CC4)cnc2[C@H](C)OC)n3CCOC(C)C)CC(C)(C)COC(=O)[C@@H]2CCCN(N2)C(=O)[C@H]1NC(=O)C12CC(C1)C(C)(C)O2. The fourth-order valence-corrected chi connectivity index (χ4v) is 11.8. The highest BCUT2D eigenvalue weighted by Gasteiger charge is 2.66. The Morgan fingerprint density at radius 1 is 1.06 bits per heavy atom. The molecule has 374 valence electrons. The van der Waals surface area contributed by atoms with Crippen molar-refractivity contribution in [3.05, 3.63) is 52.1 Å². The highest BCUT2D eigenvalue weighted by Crippen LogP contribution is 2.58. The number of amides is 2. The molecule has 1 aliphatic carbocycles. The van der Waals surface area contributed by atoms with Crippen molar-refractivity contribution in [1.29, 1.82) is 0 Å². The minimum Gasteiger partial charge on any atom is -0.464 e. The number of rotatable bonds is 12. The first-order valence-electron chi connectivity index (χ1n) is 25.0. The van der Waals surface area contributed by atoms with Crippen molar-refractivity contribution in [1.82, 2.24) is 35.2 Å². The fourth-order valence-electron chi connectivity index (χ4n) is 10.9. The first-order valence-corrected chi connectivity index (χ1v) is 25.8. The number of esters is 1. The van der Waals surface area contributed by atoms with Gasteiger partial charge in [0.1, 0.15) is 28.8 Å². The molecule has 5 fully saturated rings. The van der Waals surface area contributed by atoms with Crippen molar-refractivity contribution in [3.63, 3.8) is 0 Å². The Morgan fingerprint density at radius 3 is 2.52 bits per heavy atom. The first kappa shape index (κ1) is 49.5. The Labute approximate surface area is 410 Å². The van der Waals surface area contributed by atoms with Gasteiger partial charge in [0.2, 0.25) is 0 Å². The van der Waals surface area contributed by atoms with Gasteiger partial charge < -0.3 is 43.4 Å². The second-order valence-electron chi connectivity index (χ2n) is 21.4. The van der Waals surface area contributed by atoms with Crippen LogP contribution in [0.2, 0.25) is 0 Å². The van der Waals surface area contributed by atoms with Crippen LogP contribution in [0.15, 0.2) is 35.8 Å². The van der Waals surface area contributed by atoms with Gasteiger partial charge in [0.05, 0.1) is 60.0 Å². The van der Waals surface area contributed by atoms with Crippen molar-refractivity contribution in [2.75, 3.05) is 71.6 Å². The van der Waals surface area contributed by atoms with Crippen LogP contribution in [-0.2, 0) is 51.0 Å². The molecule has 69 heavy (non-hydrogen) atoms. The molecule has 4 aromatic rings. The number of carbonyl (C=O) groups is 3. The van der Waals surface area contributed by atoms with E-state index in [-0.39, 0.29) is 37.2 Å². The maximum absolute atomic E-state index is 14.9. The van der Waals surface area contributed by atoms with Crippen LogP contribution in [-0.4, -0.2) is 138 Å². The maximum Gasteiger partial charge on any atom is 0.324 e. The van der Waals surface area contributed by atoms with Crippen LogP contribution < -0.4 is 15.6 Å². The number of aromatic nitrogens is 3. The van der Waals surface area contributed by atoms with Gasteiger partial charge in [0.15, 0.2) is 0 Å². The van der Waals surface area contributed by atoms with Crippen LogP contribution in [0, 0.1) is 11.3 Å². The zero-order valence-electron chi connectivity index (χ0n) is 42.2. The van der Waals surface area contributed by atoms with E-state index in [4.69, 9.17) is 33.7 Å². The molecule has 1 saturated carbocycles. The van der Waals surface area contributed by atoms with E-state index in [9.17, 15) is 14.4 Å². The molecular weight excluding hydrogens is 897 g/mol. The summed E-state index contributed by atoms with van der Waals surface area (Å²) in [6, 6.07) is 6.80. The van der Waals surface area contributed by atoms with E-state index in [0.717, 1.165) is 76.5 Å². The normalized spacial score (nSPS) is 26.5. The number of hydrogen-bond acceptors (Lipinski definition) is 14. The second-order valence-corrected chi connectivity index (χ2v) is 22.3. The van der Waals surface area contributed by atoms with Crippen molar-refractivity contribution in [2.24, 2.45) is 11.3 Å². The monoisotopic (exact) mass is 969 g/mol. The molecule has 8 heterocycles. The molecule has 2 N–H and O–H groups in total. The molecule has 3 aromatic heterocycles. The van der Waals surface area contributed by atoms with E-state index in [1.165, 1.54) is 16.3 Å². The van der Waals surface area contributed by atoms with Crippen LogP contribution in [0.25, 0.3) is 33.4 Å². The second kappa shape index (κ2) is 19.6. The molecule has 6 aliphatic rings. The van der Waals surface area contributed by atoms with Gasteiger partial charge in [-0.05, 0) is 110 Å². The summed E-state index contributed by atoms with van der Waals surface area (Å²) in [6.07, 6.45) is 3.53. The molecule has 1 aromatic carbocycles. The predicted octanol–water partition coefficient (Wildman–Crippen LogP) is 6.85. The largest absolute Gasteiger partial charge is 0.464 e. The summed E-state index contributed by atoms with van der Waals surface area (Å²) in [5.41, 5.74) is 8.81. The third kappa shape index (κ3) is 9.81. The summed E-state index contributed by atoms with van der Waals surface area (Å²) >= 11 is 1.39. The summed E-state index contributed by atoms with van der Waals surface area (Å²) in [5.74, 6) is -0.944. The van der Waals surface area contributed by atoms with Crippen LogP contribution in [0.1, 0.15) is 110 Å². The first-order chi connectivity index (χ1) is 32.9. The molecule has 16 nitrogen and oxygen atoms in total. The summed E-state index contributed by atoms with van der Waals surface area (Å²) in [5, 5.41) is 8.15. The topological polar surface area (TPSA) is 162 Å². The Balaban J connectivity index is 1.21. The Bertz CT molecular complexity index is 2540. The number of hydrogen-bond donors (Lipinski definition) is 2. The number of pyridine rings is 1. The number of nitrogens with zero attached hydrogens (tertiary/aromatic N) is 6. The van der Waals surface area contributed by atoms with E-state index >= 15 is 0 Å². The molecule has 5 aliphatic heterocycles. The maximum atomic E-state index is 14.9. The predicted molar refractivity (Wildman–Crippen MR) is 266 cm³/mol. The Hall–Kier alpha value is -4.49. The minimum atomic E-state index is -1.17. The number of nitrogens with one attached hydrogen (secondary N) is 2. The van der Waals surface area contributed by atoms with E-state index in [2.05, 4.69) is 84.1 Å². The number of methoxy groups -OCH3 is 1. The highest BCUT2D eigenvalue weighted by molar-refractivity contribution is 7.10. The van der Waals surface area contributed by atoms with E-state index in [1.807, 2.05) is 39.3 Å². The average molecular weight is 969 g/mol. The molecule has 4 saturated heterocycles. The zero-order valence-corrected chi connectivity index (χ0v) is 43.0. The lowest BCUT2D eigenvalue weighted by atomic mass is 9.69. The number of ether oxygens (including phenoxy) is 5. The van der Waals surface area contributed by atoms with Gasteiger partial charge in [-0.25, -0.2) is 10.4 Å². The van der Waals surface area contributed by atoms with Gasteiger partial charge in [-0.3, -0.25) is 24.4 Å². The number of anilines is 1. The summed E-state index contributed by atoms with van der Waals surface area (Å²) in [6.45, 7) is 21.8. The number of carbonyl (C=O) groups excluding carboxylic acids is 3. The average Bonchev–Trinajstić information content (AvgIpc) is 4.06. The van der Waals surface area contributed by atoms with Crippen LogP contribution in [0.5, 0.6) is 0 Å². The van der Waals surface area contributed by atoms with Crippen LogP contribution in [0.3, 0.4) is 0 Å². The molecule has 0 radical (unpaired) electrons. The quantitative estimate of drug-likeness (QED) is 0.142.